The highest BCUT2D eigenvalue weighted by molar-refractivity contribution is 5.46. The van der Waals surface area contributed by atoms with E-state index in [0.29, 0.717) is 0 Å². The zero-order valence-electron chi connectivity index (χ0n) is 13.2. The highest BCUT2D eigenvalue weighted by atomic mass is 16.5. The van der Waals surface area contributed by atoms with Gasteiger partial charge >= 0.3 is 0 Å². The summed E-state index contributed by atoms with van der Waals surface area (Å²) in [7, 11) is 3.33. The number of nitrogens with one attached hydrogen (secondary N) is 1. The number of hydrogen-bond donors (Lipinski definition) is 1. The van der Waals surface area contributed by atoms with Crippen molar-refractivity contribution in [3.8, 4) is 11.5 Å². The number of methoxy groups -OCH3 is 2. The topological polar surface area (TPSA) is 43.0 Å². The quantitative estimate of drug-likeness (QED) is 0.826. The monoisotopic (exact) mass is 294 g/mol. The van der Waals surface area contributed by atoms with E-state index < -0.39 is 0 Å². The highest BCUT2D eigenvalue weighted by Gasteiger charge is 2.19. The van der Waals surface area contributed by atoms with Gasteiger partial charge in [0.25, 0.3) is 0 Å². The van der Waals surface area contributed by atoms with Gasteiger partial charge < -0.3 is 19.5 Å². The first kappa shape index (κ1) is 16.1. The molecule has 118 valence electrons. The van der Waals surface area contributed by atoms with E-state index in [1.165, 1.54) is 0 Å². The van der Waals surface area contributed by atoms with E-state index in [2.05, 4.69) is 23.2 Å². The molecule has 21 heavy (non-hydrogen) atoms. The SMILES string of the molecule is CCN1CCO[C@@H](CNCc2cccc(OC)c2OC)C1. The first-order valence-electron chi connectivity index (χ1n) is 7.53. The van der Waals surface area contributed by atoms with Gasteiger partial charge in [-0.1, -0.05) is 19.1 Å². The third kappa shape index (κ3) is 4.33. The third-order valence-electron chi connectivity index (χ3n) is 3.84. The molecule has 5 heteroatoms. The first-order chi connectivity index (χ1) is 10.3. The summed E-state index contributed by atoms with van der Waals surface area (Å²) in [6.07, 6.45) is 0.260. The maximum atomic E-state index is 5.79. The molecule has 0 radical (unpaired) electrons. The molecule has 1 atom stereocenters. The molecule has 0 bridgehead atoms. The summed E-state index contributed by atoms with van der Waals surface area (Å²) >= 11 is 0. The molecular weight excluding hydrogens is 268 g/mol. The molecule has 2 rings (SSSR count). The molecule has 0 spiro atoms. The molecule has 0 saturated carbocycles. The lowest BCUT2D eigenvalue weighted by atomic mass is 10.1. The Hall–Kier alpha value is -1.30. The Morgan fingerprint density at radius 3 is 2.90 bits per heavy atom. The maximum absolute atomic E-state index is 5.79. The third-order valence-corrected chi connectivity index (χ3v) is 3.84. The normalized spacial score (nSPS) is 19.5. The molecule has 1 aliphatic heterocycles. The predicted molar refractivity (Wildman–Crippen MR) is 83.1 cm³/mol. The Balaban J connectivity index is 1.86. The largest absolute Gasteiger partial charge is 0.493 e. The fourth-order valence-corrected chi connectivity index (χ4v) is 2.65. The molecule has 0 unspecified atom stereocenters. The second kappa shape index (κ2) is 8.22. The number of ether oxygens (including phenoxy) is 3. The number of morpholine rings is 1. The second-order valence-corrected chi connectivity index (χ2v) is 5.17. The van der Waals surface area contributed by atoms with E-state index in [1.807, 2.05) is 12.1 Å². The van der Waals surface area contributed by atoms with Gasteiger partial charge in [0.1, 0.15) is 0 Å². The molecule has 1 aromatic rings. The highest BCUT2D eigenvalue weighted by Crippen LogP contribution is 2.30. The van der Waals surface area contributed by atoms with Crippen LogP contribution in [0.15, 0.2) is 18.2 Å². The van der Waals surface area contributed by atoms with E-state index in [4.69, 9.17) is 14.2 Å². The summed E-state index contributed by atoms with van der Waals surface area (Å²) in [4.78, 5) is 2.42. The summed E-state index contributed by atoms with van der Waals surface area (Å²) in [5.74, 6) is 1.56. The van der Waals surface area contributed by atoms with Crippen LogP contribution < -0.4 is 14.8 Å². The van der Waals surface area contributed by atoms with Crippen LogP contribution in [0.4, 0.5) is 0 Å². The average molecular weight is 294 g/mol. The first-order valence-corrected chi connectivity index (χ1v) is 7.53. The molecule has 0 aliphatic carbocycles. The number of likely N-dealkylation sites (N-methyl/N-ethyl adjacent to an activating group) is 1. The molecule has 1 heterocycles. The summed E-state index contributed by atoms with van der Waals surface area (Å²) in [5.41, 5.74) is 1.10. The predicted octanol–water partition coefficient (Wildman–Crippen LogP) is 1.51. The molecule has 0 aromatic heterocycles. The van der Waals surface area contributed by atoms with Crippen LogP contribution in [0.25, 0.3) is 0 Å². The Morgan fingerprint density at radius 1 is 1.33 bits per heavy atom. The van der Waals surface area contributed by atoms with Gasteiger partial charge in [-0.3, -0.25) is 4.90 Å². The average Bonchev–Trinajstić information content (AvgIpc) is 2.54. The minimum absolute atomic E-state index is 0.260. The fraction of sp³-hybridized carbons (Fsp3) is 0.625. The Bertz CT molecular complexity index is 440. The van der Waals surface area contributed by atoms with Crippen molar-refractivity contribution in [2.75, 3.05) is 47.0 Å². The van der Waals surface area contributed by atoms with Gasteiger partial charge in [0.05, 0.1) is 26.9 Å². The summed E-state index contributed by atoms with van der Waals surface area (Å²) in [6, 6.07) is 5.94. The van der Waals surface area contributed by atoms with Crippen LogP contribution in [-0.4, -0.2) is 58.0 Å². The van der Waals surface area contributed by atoms with Crippen molar-refractivity contribution in [1.82, 2.24) is 10.2 Å². The molecule has 1 fully saturated rings. The smallest absolute Gasteiger partial charge is 0.165 e. The van der Waals surface area contributed by atoms with Crippen molar-refractivity contribution in [1.29, 1.82) is 0 Å². The van der Waals surface area contributed by atoms with Gasteiger partial charge in [0.15, 0.2) is 11.5 Å². The van der Waals surface area contributed by atoms with Crippen LogP contribution in [0.2, 0.25) is 0 Å². The van der Waals surface area contributed by atoms with E-state index in [9.17, 15) is 0 Å². The van der Waals surface area contributed by atoms with Gasteiger partial charge in [0, 0.05) is 31.7 Å². The maximum Gasteiger partial charge on any atom is 0.165 e. The Morgan fingerprint density at radius 2 is 2.19 bits per heavy atom. The zero-order chi connectivity index (χ0) is 15.1. The lowest BCUT2D eigenvalue weighted by molar-refractivity contribution is -0.0253. The minimum Gasteiger partial charge on any atom is -0.493 e. The van der Waals surface area contributed by atoms with Gasteiger partial charge in [-0.25, -0.2) is 0 Å². The zero-order valence-corrected chi connectivity index (χ0v) is 13.2. The van der Waals surface area contributed by atoms with Gasteiger partial charge in [-0.2, -0.15) is 0 Å². The summed E-state index contributed by atoms with van der Waals surface area (Å²) in [5, 5.41) is 3.45. The van der Waals surface area contributed by atoms with E-state index in [1.54, 1.807) is 14.2 Å². The molecule has 5 nitrogen and oxygen atoms in total. The van der Waals surface area contributed by atoms with Crippen molar-refractivity contribution < 1.29 is 14.2 Å². The van der Waals surface area contributed by atoms with E-state index in [-0.39, 0.29) is 6.10 Å². The lowest BCUT2D eigenvalue weighted by Gasteiger charge is -2.32. The van der Waals surface area contributed by atoms with Crippen LogP contribution in [0, 0.1) is 0 Å². The molecular formula is C16H26N2O3. The van der Waals surface area contributed by atoms with Crippen molar-refractivity contribution >= 4 is 0 Å². The Labute approximate surface area is 127 Å². The minimum atomic E-state index is 0.260. The van der Waals surface area contributed by atoms with Crippen molar-refractivity contribution in [2.24, 2.45) is 0 Å². The van der Waals surface area contributed by atoms with Crippen LogP contribution in [0.3, 0.4) is 0 Å². The Kier molecular flexibility index (Phi) is 6.29. The molecule has 1 aromatic carbocycles. The molecule has 0 amide bonds. The lowest BCUT2D eigenvalue weighted by Crippen LogP contribution is -2.46. The van der Waals surface area contributed by atoms with Crippen LogP contribution >= 0.6 is 0 Å². The van der Waals surface area contributed by atoms with Crippen LogP contribution in [-0.2, 0) is 11.3 Å². The number of rotatable bonds is 7. The number of nitrogens with zero attached hydrogens (tertiary/aromatic N) is 1. The summed E-state index contributed by atoms with van der Waals surface area (Å²) < 4.78 is 16.5. The van der Waals surface area contributed by atoms with Crippen molar-refractivity contribution in [2.45, 2.75) is 19.6 Å². The summed E-state index contributed by atoms with van der Waals surface area (Å²) in [6.45, 7) is 7.72. The van der Waals surface area contributed by atoms with E-state index in [0.717, 1.165) is 56.4 Å². The number of para-hydroxylation sites is 1. The van der Waals surface area contributed by atoms with Crippen LogP contribution in [0.5, 0.6) is 11.5 Å². The van der Waals surface area contributed by atoms with Crippen molar-refractivity contribution in [3.63, 3.8) is 0 Å². The van der Waals surface area contributed by atoms with Crippen molar-refractivity contribution in [3.05, 3.63) is 23.8 Å². The fourth-order valence-electron chi connectivity index (χ4n) is 2.65. The molecule has 1 N–H and O–H groups in total. The number of benzene rings is 1. The van der Waals surface area contributed by atoms with Gasteiger partial charge in [-0.05, 0) is 12.6 Å². The molecule has 1 saturated heterocycles. The molecule has 1 aliphatic rings. The van der Waals surface area contributed by atoms with E-state index >= 15 is 0 Å². The van der Waals surface area contributed by atoms with Crippen LogP contribution in [0.1, 0.15) is 12.5 Å². The van der Waals surface area contributed by atoms with Gasteiger partial charge in [-0.15, -0.1) is 0 Å². The number of hydrogen-bond acceptors (Lipinski definition) is 5. The standard InChI is InChI=1S/C16H26N2O3/c1-4-18-8-9-21-14(12-18)11-17-10-13-6-5-7-15(19-2)16(13)20-3/h5-7,14,17H,4,8-12H2,1-3H3/t14-/m0/s1. The van der Waals surface area contributed by atoms with Gasteiger partial charge in [0.2, 0.25) is 0 Å². The second-order valence-electron chi connectivity index (χ2n) is 5.17.